The van der Waals surface area contributed by atoms with Crippen LogP contribution in [0.1, 0.15) is 11.1 Å². The maximum atomic E-state index is 12.5. The van der Waals surface area contributed by atoms with E-state index in [1.807, 2.05) is 47.4 Å². The van der Waals surface area contributed by atoms with E-state index in [2.05, 4.69) is 11.8 Å². The number of carbonyl (C=O) groups excluding carboxylic acids is 1. The van der Waals surface area contributed by atoms with Gasteiger partial charge in [-0.1, -0.05) is 29.8 Å². The molecule has 2 N–H and O–H groups in total. The number of carbonyl (C=O) groups is 1. The number of nitrogens with zero attached hydrogens (tertiary/aromatic N) is 2. The van der Waals surface area contributed by atoms with E-state index in [4.69, 9.17) is 17.3 Å². The smallest absolute Gasteiger partial charge is 0.227 e. The molecule has 0 radical (unpaired) electrons. The van der Waals surface area contributed by atoms with Gasteiger partial charge in [0.15, 0.2) is 0 Å². The van der Waals surface area contributed by atoms with Gasteiger partial charge in [-0.2, -0.15) is 0 Å². The molecule has 0 bridgehead atoms. The molecule has 0 saturated carbocycles. The second kappa shape index (κ2) is 7.14. The zero-order valence-corrected chi connectivity index (χ0v) is 14.6. The molecule has 24 heavy (non-hydrogen) atoms. The average molecular weight is 344 g/mol. The topological polar surface area (TPSA) is 49.6 Å². The van der Waals surface area contributed by atoms with Crippen LogP contribution in [0.25, 0.3) is 0 Å². The van der Waals surface area contributed by atoms with E-state index in [1.165, 1.54) is 5.56 Å². The maximum absolute atomic E-state index is 12.5. The third kappa shape index (κ3) is 3.82. The fourth-order valence-electron chi connectivity index (χ4n) is 3.04. The third-order valence-electron chi connectivity index (χ3n) is 4.48. The van der Waals surface area contributed by atoms with Crippen molar-refractivity contribution in [1.82, 2.24) is 4.90 Å². The first-order valence-electron chi connectivity index (χ1n) is 8.16. The fourth-order valence-corrected chi connectivity index (χ4v) is 3.21. The van der Waals surface area contributed by atoms with Gasteiger partial charge in [-0.05, 0) is 42.3 Å². The Morgan fingerprint density at radius 3 is 2.42 bits per heavy atom. The van der Waals surface area contributed by atoms with Crippen molar-refractivity contribution in [2.75, 3.05) is 36.8 Å². The van der Waals surface area contributed by atoms with Crippen molar-refractivity contribution in [3.05, 3.63) is 58.6 Å². The first-order valence-corrected chi connectivity index (χ1v) is 8.54. The van der Waals surface area contributed by atoms with Crippen LogP contribution in [0, 0.1) is 6.92 Å². The quantitative estimate of drug-likeness (QED) is 0.871. The normalized spacial score (nSPS) is 14.8. The number of aryl methyl sites for hydroxylation is 1. The van der Waals surface area contributed by atoms with Crippen LogP contribution >= 0.6 is 11.6 Å². The van der Waals surface area contributed by atoms with Gasteiger partial charge < -0.3 is 15.5 Å². The molecule has 0 atom stereocenters. The highest BCUT2D eigenvalue weighted by molar-refractivity contribution is 6.30. The van der Waals surface area contributed by atoms with Gasteiger partial charge in [0.2, 0.25) is 5.91 Å². The van der Waals surface area contributed by atoms with Crippen LogP contribution in [0.5, 0.6) is 0 Å². The molecule has 2 aromatic rings. The molecular formula is C19H22ClN3O. The predicted octanol–water partition coefficient (Wildman–Crippen LogP) is 3.12. The number of benzene rings is 2. The number of hydrogen-bond donors (Lipinski definition) is 1. The molecule has 2 aromatic carbocycles. The van der Waals surface area contributed by atoms with Crippen LogP contribution in [-0.2, 0) is 11.2 Å². The lowest BCUT2D eigenvalue weighted by Crippen LogP contribution is -2.49. The van der Waals surface area contributed by atoms with Crippen molar-refractivity contribution >= 4 is 28.9 Å². The van der Waals surface area contributed by atoms with Gasteiger partial charge in [0.25, 0.3) is 0 Å². The lowest BCUT2D eigenvalue weighted by molar-refractivity contribution is -0.130. The van der Waals surface area contributed by atoms with Gasteiger partial charge in [0.05, 0.1) is 6.42 Å². The molecule has 0 spiro atoms. The SMILES string of the molecule is Cc1ccc(Cl)cc1N1CCN(C(=O)Cc2ccc(N)cc2)CC1. The summed E-state index contributed by atoms with van der Waals surface area (Å²) < 4.78 is 0. The van der Waals surface area contributed by atoms with Gasteiger partial charge >= 0.3 is 0 Å². The number of nitrogens with two attached hydrogens (primary N) is 1. The third-order valence-corrected chi connectivity index (χ3v) is 4.71. The van der Waals surface area contributed by atoms with E-state index in [-0.39, 0.29) is 5.91 Å². The largest absolute Gasteiger partial charge is 0.399 e. The predicted molar refractivity (Wildman–Crippen MR) is 99.5 cm³/mol. The minimum absolute atomic E-state index is 0.169. The monoisotopic (exact) mass is 343 g/mol. The van der Waals surface area contributed by atoms with Gasteiger partial charge in [0, 0.05) is 42.6 Å². The minimum Gasteiger partial charge on any atom is -0.399 e. The van der Waals surface area contributed by atoms with Crippen molar-refractivity contribution < 1.29 is 4.79 Å². The second-order valence-electron chi connectivity index (χ2n) is 6.22. The summed E-state index contributed by atoms with van der Waals surface area (Å²) in [5, 5.41) is 0.748. The Morgan fingerprint density at radius 1 is 1.08 bits per heavy atom. The molecule has 0 aliphatic carbocycles. The summed E-state index contributed by atoms with van der Waals surface area (Å²) in [6.45, 7) is 5.22. The first-order chi connectivity index (χ1) is 11.5. The molecule has 1 aliphatic rings. The van der Waals surface area contributed by atoms with Gasteiger partial charge in [-0.25, -0.2) is 0 Å². The number of anilines is 2. The summed E-state index contributed by atoms with van der Waals surface area (Å²) >= 11 is 6.12. The lowest BCUT2D eigenvalue weighted by Gasteiger charge is -2.37. The molecule has 0 aromatic heterocycles. The van der Waals surface area contributed by atoms with E-state index >= 15 is 0 Å². The van der Waals surface area contributed by atoms with Crippen LogP contribution in [0.15, 0.2) is 42.5 Å². The number of piperazine rings is 1. The standard InChI is InChI=1S/C19H22ClN3O/c1-14-2-5-16(20)13-18(14)22-8-10-23(11-9-22)19(24)12-15-3-6-17(21)7-4-15/h2-7,13H,8-12,21H2,1H3. The maximum Gasteiger partial charge on any atom is 0.227 e. The lowest BCUT2D eigenvalue weighted by atomic mass is 10.1. The molecule has 1 aliphatic heterocycles. The zero-order chi connectivity index (χ0) is 17.1. The molecule has 1 saturated heterocycles. The molecule has 126 valence electrons. The number of rotatable bonds is 3. The molecule has 1 fully saturated rings. The molecular weight excluding hydrogens is 322 g/mol. The van der Waals surface area contributed by atoms with E-state index < -0.39 is 0 Å². The second-order valence-corrected chi connectivity index (χ2v) is 6.65. The molecule has 3 rings (SSSR count). The molecule has 1 heterocycles. The van der Waals surface area contributed by atoms with Crippen LogP contribution in [0.4, 0.5) is 11.4 Å². The Labute approximate surface area is 147 Å². The van der Waals surface area contributed by atoms with E-state index in [0.29, 0.717) is 6.42 Å². The molecule has 0 unspecified atom stereocenters. The molecule has 1 amide bonds. The summed E-state index contributed by atoms with van der Waals surface area (Å²) in [4.78, 5) is 16.7. The number of amides is 1. The van der Waals surface area contributed by atoms with Gasteiger partial charge in [-0.3, -0.25) is 4.79 Å². The number of nitrogen functional groups attached to an aromatic ring is 1. The summed E-state index contributed by atoms with van der Waals surface area (Å²) in [7, 11) is 0. The Balaban J connectivity index is 1.59. The summed E-state index contributed by atoms with van der Waals surface area (Å²) in [5.74, 6) is 0.169. The number of halogens is 1. The average Bonchev–Trinajstić information content (AvgIpc) is 2.59. The van der Waals surface area contributed by atoms with Crippen molar-refractivity contribution in [1.29, 1.82) is 0 Å². The van der Waals surface area contributed by atoms with Crippen molar-refractivity contribution in [2.24, 2.45) is 0 Å². The first kappa shape index (κ1) is 16.7. The Bertz CT molecular complexity index is 722. The number of hydrogen-bond acceptors (Lipinski definition) is 3. The minimum atomic E-state index is 0.169. The van der Waals surface area contributed by atoms with Crippen LogP contribution in [0.3, 0.4) is 0 Å². The van der Waals surface area contributed by atoms with Gasteiger partial charge in [0.1, 0.15) is 0 Å². The van der Waals surface area contributed by atoms with Crippen molar-refractivity contribution in [3.63, 3.8) is 0 Å². The highest BCUT2D eigenvalue weighted by atomic mass is 35.5. The van der Waals surface area contributed by atoms with E-state index in [1.54, 1.807) is 0 Å². The van der Waals surface area contributed by atoms with Crippen molar-refractivity contribution in [3.8, 4) is 0 Å². The summed E-state index contributed by atoms with van der Waals surface area (Å²) in [6.07, 6.45) is 0.427. The van der Waals surface area contributed by atoms with Crippen LogP contribution in [-0.4, -0.2) is 37.0 Å². The highest BCUT2D eigenvalue weighted by Crippen LogP contribution is 2.25. The van der Waals surface area contributed by atoms with Crippen LogP contribution in [0.2, 0.25) is 5.02 Å². The zero-order valence-electron chi connectivity index (χ0n) is 13.8. The van der Waals surface area contributed by atoms with Crippen molar-refractivity contribution in [2.45, 2.75) is 13.3 Å². The van der Waals surface area contributed by atoms with E-state index in [9.17, 15) is 4.79 Å². The Kier molecular flexibility index (Phi) is 4.95. The Hall–Kier alpha value is -2.20. The van der Waals surface area contributed by atoms with E-state index in [0.717, 1.165) is 48.1 Å². The fraction of sp³-hybridized carbons (Fsp3) is 0.316. The molecule has 4 nitrogen and oxygen atoms in total. The highest BCUT2D eigenvalue weighted by Gasteiger charge is 2.22. The summed E-state index contributed by atoms with van der Waals surface area (Å²) in [5.41, 5.74) is 9.77. The van der Waals surface area contributed by atoms with Gasteiger partial charge in [-0.15, -0.1) is 0 Å². The molecule has 5 heteroatoms. The Morgan fingerprint density at radius 2 is 1.75 bits per heavy atom. The summed E-state index contributed by atoms with van der Waals surface area (Å²) in [6, 6.07) is 13.5. The van der Waals surface area contributed by atoms with Crippen LogP contribution < -0.4 is 10.6 Å².